The molecule has 0 spiro atoms. The van der Waals surface area contributed by atoms with Crippen LogP contribution < -0.4 is 10.1 Å². The fourth-order valence-corrected chi connectivity index (χ4v) is 2.02. The van der Waals surface area contributed by atoms with E-state index in [1.165, 1.54) is 17.7 Å². The Morgan fingerprint density at radius 3 is 2.14 bits per heavy atom. The minimum Gasteiger partial charge on any atom is -0.457 e. The van der Waals surface area contributed by atoms with Gasteiger partial charge in [0.2, 0.25) is 0 Å². The molecule has 21 heavy (non-hydrogen) atoms. The lowest BCUT2D eigenvalue weighted by molar-refractivity contribution is 0.260. The van der Waals surface area contributed by atoms with Gasteiger partial charge in [-0.1, -0.05) is 12.1 Å². The molecule has 0 radical (unpaired) electrons. The van der Waals surface area contributed by atoms with Crippen LogP contribution in [-0.4, -0.2) is 18.4 Å². The fraction of sp³-hybridized carbons (Fsp3) is 0.294. The smallest absolute Gasteiger partial charge is 0.127 e. The molecule has 2 rings (SSSR count). The van der Waals surface area contributed by atoms with Crippen molar-refractivity contribution in [3.8, 4) is 11.5 Å². The van der Waals surface area contributed by atoms with Gasteiger partial charge in [-0.3, -0.25) is 5.32 Å². The number of benzene rings is 2. The van der Waals surface area contributed by atoms with Gasteiger partial charge >= 0.3 is 0 Å². The fourth-order valence-electron chi connectivity index (χ4n) is 2.02. The Morgan fingerprint density at radius 1 is 0.905 bits per heavy atom. The molecule has 0 amide bonds. The van der Waals surface area contributed by atoms with Gasteiger partial charge in [-0.25, -0.2) is 4.39 Å². The maximum atomic E-state index is 12.8. The highest BCUT2D eigenvalue weighted by Crippen LogP contribution is 2.22. The molecule has 0 atom stereocenters. The Hall–Kier alpha value is -1.91. The summed E-state index contributed by atoms with van der Waals surface area (Å²) >= 11 is 0. The van der Waals surface area contributed by atoms with Crippen LogP contribution in [0.1, 0.15) is 18.4 Å². The molecule has 0 saturated heterocycles. The monoisotopic (exact) mass is 289 g/mol. The first-order chi connectivity index (χ1) is 10.3. The molecule has 0 aliphatic rings. The van der Waals surface area contributed by atoms with Crippen LogP contribution in [0.15, 0.2) is 48.5 Å². The summed E-state index contributed by atoms with van der Waals surface area (Å²) in [5, 5.41) is 11.5. The normalized spacial score (nSPS) is 10.6. The van der Waals surface area contributed by atoms with Crippen molar-refractivity contribution in [1.29, 1.82) is 0 Å². The summed E-state index contributed by atoms with van der Waals surface area (Å²) < 4.78 is 18.4. The van der Waals surface area contributed by atoms with E-state index < -0.39 is 0 Å². The minimum absolute atomic E-state index is 0.0371. The number of hydrogen-bond acceptors (Lipinski definition) is 3. The van der Waals surface area contributed by atoms with Gasteiger partial charge in [0.1, 0.15) is 17.3 Å². The number of nitrogens with one attached hydrogen (secondary N) is 1. The van der Waals surface area contributed by atoms with Gasteiger partial charge in [-0.05, 0) is 67.8 Å². The largest absolute Gasteiger partial charge is 0.457 e. The van der Waals surface area contributed by atoms with E-state index in [0.717, 1.165) is 31.6 Å². The number of aryl methyl sites for hydroxylation is 1. The maximum absolute atomic E-state index is 12.8. The second kappa shape index (κ2) is 8.39. The summed E-state index contributed by atoms with van der Waals surface area (Å²) in [5.74, 6) is 1.10. The molecule has 2 aromatic carbocycles. The van der Waals surface area contributed by atoms with E-state index in [-0.39, 0.29) is 12.5 Å². The first-order valence-electron chi connectivity index (χ1n) is 7.12. The van der Waals surface area contributed by atoms with Crippen molar-refractivity contribution >= 4 is 0 Å². The predicted octanol–water partition coefficient (Wildman–Crippen LogP) is 3.48. The van der Waals surface area contributed by atoms with Crippen LogP contribution >= 0.6 is 0 Å². The van der Waals surface area contributed by atoms with Crippen LogP contribution in [-0.2, 0) is 6.42 Å². The number of hydrogen-bond donors (Lipinski definition) is 2. The number of unbranched alkanes of at least 4 members (excludes halogenated alkanes) is 1. The molecule has 0 saturated carbocycles. The lowest BCUT2D eigenvalue weighted by Gasteiger charge is -2.07. The van der Waals surface area contributed by atoms with Gasteiger partial charge in [0.05, 0.1) is 6.73 Å². The Morgan fingerprint density at radius 2 is 1.52 bits per heavy atom. The summed E-state index contributed by atoms with van der Waals surface area (Å²) in [6, 6.07) is 13.9. The Balaban J connectivity index is 1.80. The Labute approximate surface area is 124 Å². The topological polar surface area (TPSA) is 41.5 Å². The molecule has 0 aliphatic carbocycles. The zero-order valence-corrected chi connectivity index (χ0v) is 11.9. The van der Waals surface area contributed by atoms with Gasteiger partial charge in [-0.15, -0.1) is 0 Å². The maximum Gasteiger partial charge on any atom is 0.127 e. The molecule has 3 nitrogen and oxygen atoms in total. The second-order valence-electron chi connectivity index (χ2n) is 4.82. The van der Waals surface area contributed by atoms with E-state index in [9.17, 15) is 4.39 Å². The van der Waals surface area contributed by atoms with E-state index in [2.05, 4.69) is 5.32 Å². The number of aliphatic hydroxyl groups is 1. The molecule has 112 valence electrons. The van der Waals surface area contributed by atoms with Crippen molar-refractivity contribution in [2.24, 2.45) is 0 Å². The van der Waals surface area contributed by atoms with Crippen molar-refractivity contribution < 1.29 is 14.2 Å². The molecule has 0 aliphatic heterocycles. The van der Waals surface area contributed by atoms with Crippen LogP contribution in [0.3, 0.4) is 0 Å². The van der Waals surface area contributed by atoms with Crippen LogP contribution in [0.4, 0.5) is 4.39 Å². The van der Waals surface area contributed by atoms with E-state index >= 15 is 0 Å². The summed E-state index contributed by atoms with van der Waals surface area (Å²) in [6.45, 7) is 0.873. The highest BCUT2D eigenvalue weighted by atomic mass is 19.1. The van der Waals surface area contributed by atoms with Crippen molar-refractivity contribution in [1.82, 2.24) is 5.32 Å². The van der Waals surface area contributed by atoms with E-state index in [1.54, 1.807) is 12.1 Å². The lowest BCUT2D eigenvalue weighted by atomic mass is 10.1. The molecule has 2 aromatic rings. The van der Waals surface area contributed by atoms with Gasteiger partial charge in [0.25, 0.3) is 0 Å². The molecule has 0 aromatic heterocycles. The van der Waals surface area contributed by atoms with Crippen molar-refractivity contribution in [3.05, 3.63) is 59.9 Å². The van der Waals surface area contributed by atoms with Crippen LogP contribution in [0.2, 0.25) is 0 Å². The first kappa shape index (κ1) is 15.5. The predicted molar refractivity (Wildman–Crippen MR) is 80.9 cm³/mol. The third-order valence-electron chi connectivity index (χ3n) is 3.15. The average molecular weight is 289 g/mol. The quantitative estimate of drug-likeness (QED) is 0.577. The van der Waals surface area contributed by atoms with Gasteiger partial charge < -0.3 is 9.84 Å². The highest BCUT2D eigenvalue weighted by Gasteiger charge is 1.99. The van der Waals surface area contributed by atoms with Crippen molar-refractivity contribution in [2.75, 3.05) is 13.3 Å². The van der Waals surface area contributed by atoms with Crippen molar-refractivity contribution in [2.45, 2.75) is 19.3 Å². The minimum atomic E-state index is -0.270. The highest BCUT2D eigenvalue weighted by molar-refractivity contribution is 5.33. The SMILES string of the molecule is OCNCCCCc1ccc(Oc2ccc(F)cc2)cc1. The first-order valence-corrected chi connectivity index (χ1v) is 7.12. The summed E-state index contributed by atoms with van der Waals surface area (Å²) in [5.41, 5.74) is 1.26. The van der Waals surface area contributed by atoms with Crippen LogP contribution in [0.5, 0.6) is 11.5 Å². The molecule has 0 fully saturated rings. The summed E-state index contributed by atoms with van der Waals surface area (Å²) in [6.07, 6.45) is 3.11. The van der Waals surface area contributed by atoms with Gasteiger partial charge in [-0.2, -0.15) is 0 Å². The van der Waals surface area contributed by atoms with Crippen molar-refractivity contribution in [3.63, 3.8) is 0 Å². The Kier molecular flexibility index (Phi) is 6.19. The number of rotatable bonds is 8. The number of aliphatic hydroxyl groups excluding tert-OH is 1. The zero-order chi connectivity index (χ0) is 14.9. The molecular formula is C17H20FNO2. The third kappa shape index (κ3) is 5.53. The zero-order valence-electron chi connectivity index (χ0n) is 11.9. The molecule has 0 bridgehead atoms. The average Bonchev–Trinajstić information content (AvgIpc) is 2.51. The number of ether oxygens (including phenoxy) is 1. The van der Waals surface area contributed by atoms with Gasteiger partial charge in [0, 0.05) is 0 Å². The van der Waals surface area contributed by atoms with Crippen LogP contribution in [0, 0.1) is 5.82 Å². The molecule has 0 unspecified atom stereocenters. The third-order valence-corrected chi connectivity index (χ3v) is 3.15. The lowest BCUT2D eigenvalue weighted by Crippen LogP contribution is -2.15. The van der Waals surface area contributed by atoms with E-state index in [4.69, 9.17) is 9.84 Å². The van der Waals surface area contributed by atoms with Gasteiger partial charge in [0.15, 0.2) is 0 Å². The van der Waals surface area contributed by atoms with E-state index in [1.807, 2.05) is 24.3 Å². The standard InChI is InChI=1S/C17H20FNO2/c18-15-6-10-17(11-7-15)21-16-8-4-14(5-9-16)3-1-2-12-19-13-20/h4-11,19-20H,1-3,12-13H2. The summed E-state index contributed by atoms with van der Waals surface area (Å²) in [7, 11) is 0. The summed E-state index contributed by atoms with van der Waals surface area (Å²) in [4.78, 5) is 0. The molecule has 0 heterocycles. The van der Waals surface area contributed by atoms with Crippen LogP contribution in [0.25, 0.3) is 0 Å². The second-order valence-corrected chi connectivity index (χ2v) is 4.82. The molecule has 4 heteroatoms. The molecule has 2 N–H and O–H groups in total. The van der Waals surface area contributed by atoms with E-state index in [0.29, 0.717) is 5.75 Å². The Bertz CT molecular complexity index is 525. The number of halogens is 1. The molecular weight excluding hydrogens is 269 g/mol.